The monoisotopic (exact) mass is 464 g/mol. The normalized spacial score (nSPS) is 16.1. The molecule has 1 amide bonds. The number of oxazole rings is 1. The van der Waals surface area contributed by atoms with Crippen molar-refractivity contribution in [3.05, 3.63) is 106 Å². The highest BCUT2D eigenvalue weighted by molar-refractivity contribution is 6.04. The molecule has 0 N–H and O–H groups in total. The number of carbonyl (C=O) groups excluding carboxylic acids is 1. The Bertz CT molecular complexity index is 1560. The Balaban J connectivity index is 1.35. The molecule has 7 nitrogen and oxygen atoms in total. The van der Waals surface area contributed by atoms with Gasteiger partial charge in [0.15, 0.2) is 17.2 Å². The van der Waals surface area contributed by atoms with E-state index >= 15 is 0 Å². The highest BCUT2D eigenvalue weighted by atomic mass is 16.3. The van der Waals surface area contributed by atoms with E-state index in [-0.39, 0.29) is 17.4 Å². The van der Waals surface area contributed by atoms with Crippen molar-refractivity contribution in [2.24, 2.45) is 0 Å². The summed E-state index contributed by atoms with van der Waals surface area (Å²) in [6.07, 6.45) is 1.75. The van der Waals surface area contributed by atoms with Crippen LogP contribution in [0.5, 0.6) is 0 Å². The van der Waals surface area contributed by atoms with Gasteiger partial charge in [0.25, 0.3) is 11.5 Å². The van der Waals surface area contributed by atoms with E-state index in [2.05, 4.69) is 10.1 Å². The number of aromatic nitrogens is 3. The first kappa shape index (κ1) is 21.3. The fourth-order valence-corrected chi connectivity index (χ4v) is 4.83. The zero-order chi connectivity index (χ0) is 23.8. The molecule has 1 saturated heterocycles. The number of nitrogens with zero attached hydrogens (tertiary/aromatic N) is 4. The maximum atomic E-state index is 13.8. The molecule has 3 aromatic carbocycles. The van der Waals surface area contributed by atoms with Crippen molar-refractivity contribution < 1.29 is 9.21 Å². The van der Waals surface area contributed by atoms with Crippen LogP contribution in [-0.2, 0) is 6.54 Å². The van der Waals surface area contributed by atoms with Crippen LogP contribution >= 0.6 is 0 Å². The molecule has 6 rings (SSSR count). The van der Waals surface area contributed by atoms with Crippen molar-refractivity contribution in [2.75, 3.05) is 13.1 Å². The smallest absolute Gasteiger partial charge is 0.274 e. The van der Waals surface area contributed by atoms with Gasteiger partial charge >= 0.3 is 0 Å². The minimum absolute atomic E-state index is 0.0154. The van der Waals surface area contributed by atoms with E-state index < -0.39 is 0 Å². The minimum Gasteiger partial charge on any atom is -0.440 e. The number of para-hydroxylation sites is 2. The first-order chi connectivity index (χ1) is 17.2. The Morgan fingerprint density at radius 3 is 2.51 bits per heavy atom. The minimum atomic E-state index is -0.205. The van der Waals surface area contributed by atoms with E-state index in [0.717, 1.165) is 29.5 Å². The molecule has 0 aliphatic carbocycles. The molecule has 5 aromatic rings. The van der Waals surface area contributed by atoms with Crippen molar-refractivity contribution in [1.82, 2.24) is 19.7 Å². The van der Waals surface area contributed by atoms with E-state index in [1.54, 1.807) is 12.1 Å². The molecule has 3 heterocycles. The van der Waals surface area contributed by atoms with Gasteiger partial charge in [-0.15, -0.1) is 0 Å². The van der Waals surface area contributed by atoms with Gasteiger partial charge in [-0.1, -0.05) is 60.7 Å². The van der Waals surface area contributed by atoms with Gasteiger partial charge in [0.2, 0.25) is 0 Å². The van der Waals surface area contributed by atoms with Crippen molar-refractivity contribution >= 4 is 27.8 Å². The molecule has 0 bridgehead atoms. The fraction of sp³-hybridized carbons (Fsp3) is 0.214. The third-order valence-corrected chi connectivity index (χ3v) is 6.61. The molecule has 2 aromatic heterocycles. The van der Waals surface area contributed by atoms with Gasteiger partial charge in [-0.2, -0.15) is 5.10 Å². The average molecular weight is 465 g/mol. The van der Waals surface area contributed by atoms with Gasteiger partial charge in [-0.05, 0) is 36.6 Å². The van der Waals surface area contributed by atoms with Crippen LogP contribution in [0.25, 0.3) is 21.9 Å². The lowest BCUT2D eigenvalue weighted by molar-refractivity contribution is 0.0692. The topological polar surface area (TPSA) is 81.2 Å². The molecule has 0 saturated carbocycles. The highest BCUT2D eigenvalue weighted by Crippen LogP contribution is 2.30. The van der Waals surface area contributed by atoms with Crippen LogP contribution in [0.2, 0.25) is 0 Å². The van der Waals surface area contributed by atoms with Crippen molar-refractivity contribution in [3.63, 3.8) is 0 Å². The number of hydrogen-bond donors (Lipinski definition) is 0. The number of hydrogen-bond acceptors (Lipinski definition) is 5. The van der Waals surface area contributed by atoms with E-state index in [1.165, 1.54) is 4.68 Å². The van der Waals surface area contributed by atoms with E-state index in [1.807, 2.05) is 71.6 Å². The number of piperidine rings is 1. The molecular formula is C28H24N4O3. The van der Waals surface area contributed by atoms with Gasteiger partial charge < -0.3 is 9.32 Å². The van der Waals surface area contributed by atoms with Crippen LogP contribution in [-0.4, -0.2) is 38.7 Å². The van der Waals surface area contributed by atoms with Gasteiger partial charge in [-0.25, -0.2) is 9.67 Å². The SMILES string of the molecule is O=C(c1nn(Cc2ccccc2)c(=O)c2ccccc12)N1CCCC(c2nc3ccccc3o2)C1. The van der Waals surface area contributed by atoms with Crippen molar-refractivity contribution in [1.29, 1.82) is 0 Å². The summed E-state index contributed by atoms with van der Waals surface area (Å²) in [6, 6.07) is 24.6. The summed E-state index contributed by atoms with van der Waals surface area (Å²) in [7, 11) is 0. The maximum Gasteiger partial charge on any atom is 0.274 e. The first-order valence-electron chi connectivity index (χ1n) is 11.9. The average Bonchev–Trinajstić information content (AvgIpc) is 3.35. The molecule has 7 heteroatoms. The molecule has 1 aliphatic rings. The Morgan fingerprint density at radius 1 is 0.943 bits per heavy atom. The number of likely N-dealkylation sites (tertiary alicyclic amines) is 1. The third kappa shape index (κ3) is 3.99. The Hall–Kier alpha value is -4.26. The fourth-order valence-electron chi connectivity index (χ4n) is 4.83. The maximum absolute atomic E-state index is 13.8. The lowest BCUT2D eigenvalue weighted by Crippen LogP contribution is -2.40. The zero-order valence-corrected chi connectivity index (χ0v) is 19.1. The molecule has 174 valence electrons. The van der Waals surface area contributed by atoms with Crippen LogP contribution < -0.4 is 5.56 Å². The predicted octanol–water partition coefficient (Wildman–Crippen LogP) is 4.61. The second-order valence-corrected chi connectivity index (χ2v) is 8.95. The summed E-state index contributed by atoms with van der Waals surface area (Å²) in [4.78, 5) is 33.4. The summed E-state index contributed by atoms with van der Waals surface area (Å²) < 4.78 is 7.40. The quantitative estimate of drug-likeness (QED) is 0.388. The predicted molar refractivity (Wildman–Crippen MR) is 133 cm³/mol. The second kappa shape index (κ2) is 8.83. The Labute approximate surface area is 201 Å². The summed E-state index contributed by atoms with van der Waals surface area (Å²) in [5.41, 5.74) is 2.63. The van der Waals surface area contributed by atoms with Gasteiger partial charge in [-0.3, -0.25) is 9.59 Å². The zero-order valence-electron chi connectivity index (χ0n) is 19.1. The molecule has 1 fully saturated rings. The lowest BCUT2D eigenvalue weighted by Gasteiger charge is -2.31. The highest BCUT2D eigenvalue weighted by Gasteiger charge is 2.30. The van der Waals surface area contributed by atoms with Crippen LogP contribution in [0.4, 0.5) is 0 Å². The number of fused-ring (bicyclic) bond motifs is 2. The summed E-state index contributed by atoms with van der Waals surface area (Å²) in [5, 5.41) is 5.65. The number of carbonyl (C=O) groups is 1. The number of rotatable bonds is 4. The number of amides is 1. The van der Waals surface area contributed by atoms with Gasteiger partial charge in [0.1, 0.15) is 5.52 Å². The molecular weight excluding hydrogens is 440 g/mol. The summed E-state index contributed by atoms with van der Waals surface area (Å²) in [6.45, 7) is 1.43. The van der Waals surface area contributed by atoms with E-state index in [0.29, 0.717) is 42.0 Å². The first-order valence-corrected chi connectivity index (χ1v) is 11.9. The Kier molecular flexibility index (Phi) is 5.37. The lowest BCUT2D eigenvalue weighted by atomic mass is 9.97. The van der Waals surface area contributed by atoms with E-state index in [4.69, 9.17) is 4.42 Å². The molecule has 1 unspecified atom stereocenters. The van der Waals surface area contributed by atoms with Gasteiger partial charge in [0, 0.05) is 18.5 Å². The molecule has 35 heavy (non-hydrogen) atoms. The van der Waals surface area contributed by atoms with Crippen LogP contribution in [0.3, 0.4) is 0 Å². The Morgan fingerprint density at radius 2 is 1.69 bits per heavy atom. The van der Waals surface area contributed by atoms with E-state index in [9.17, 15) is 9.59 Å². The van der Waals surface area contributed by atoms with Crippen LogP contribution in [0.1, 0.15) is 40.7 Å². The third-order valence-electron chi connectivity index (χ3n) is 6.61. The van der Waals surface area contributed by atoms with Crippen molar-refractivity contribution in [2.45, 2.75) is 25.3 Å². The molecule has 0 spiro atoms. The van der Waals surface area contributed by atoms with Crippen molar-refractivity contribution in [3.8, 4) is 0 Å². The molecule has 1 atom stereocenters. The number of benzene rings is 3. The second-order valence-electron chi connectivity index (χ2n) is 8.95. The van der Waals surface area contributed by atoms with Crippen LogP contribution in [0, 0.1) is 0 Å². The summed E-state index contributed by atoms with van der Waals surface area (Å²) in [5.74, 6) is 0.501. The van der Waals surface area contributed by atoms with Gasteiger partial charge in [0.05, 0.1) is 17.8 Å². The molecule has 0 radical (unpaired) electrons. The largest absolute Gasteiger partial charge is 0.440 e. The van der Waals surface area contributed by atoms with Crippen LogP contribution in [0.15, 0.2) is 88.1 Å². The summed E-state index contributed by atoms with van der Waals surface area (Å²) >= 11 is 0. The molecule has 1 aliphatic heterocycles. The standard InChI is InChI=1S/C28H24N4O3/c33-27-22-13-5-4-12-21(22)25(30-32(27)17-19-9-2-1-3-10-19)28(34)31-16-8-11-20(18-31)26-29-23-14-6-7-15-24(23)35-26/h1-7,9-10,12-15,20H,8,11,16-18H2.